The van der Waals surface area contributed by atoms with Crippen LogP contribution in [0.3, 0.4) is 0 Å². The van der Waals surface area contributed by atoms with Crippen LogP contribution in [0.15, 0.2) is 30.3 Å². The van der Waals surface area contributed by atoms with E-state index in [4.69, 9.17) is 0 Å². The third-order valence-electron chi connectivity index (χ3n) is 4.34. The van der Waals surface area contributed by atoms with E-state index >= 15 is 0 Å². The molecule has 0 spiro atoms. The molecular formula is C17H27N3O. The lowest BCUT2D eigenvalue weighted by Crippen LogP contribution is -2.47. The second kappa shape index (κ2) is 7.46. The molecule has 116 valence electrons. The molecule has 1 aliphatic rings. The number of nitrogens with zero attached hydrogens (tertiary/aromatic N) is 2. The second-order valence-electron chi connectivity index (χ2n) is 6.05. The average Bonchev–Trinajstić information content (AvgIpc) is 3.00. The SMILES string of the molecule is C[C@H](NC(=O)N(C)[C@H](C)CN1CCCC1)c1ccccc1. The van der Waals surface area contributed by atoms with E-state index in [-0.39, 0.29) is 18.1 Å². The molecule has 21 heavy (non-hydrogen) atoms. The van der Waals surface area contributed by atoms with Gasteiger partial charge in [0.15, 0.2) is 0 Å². The van der Waals surface area contributed by atoms with Crippen molar-refractivity contribution in [1.29, 1.82) is 0 Å². The number of nitrogens with one attached hydrogen (secondary N) is 1. The fourth-order valence-corrected chi connectivity index (χ4v) is 2.77. The fraction of sp³-hybridized carbons (Fsp3) is 0.588. The molecule has 0 radical (unpaired) electrons. The number of hydrogen-bond acceptors (Lipinski definition) is 2. The van der Waals surface area contributed by atoms with Crippen LogP contribution in [0.1, 0.15) is 38.3 Å². The number of urea groups is 1. The van der Waals surface area contributed by atoms with Gasteiger partial charge in [0.1, 0.15) is 0 Å². The summed E-state index contributed by atoms with van der Waals surface area (Å²) in [7, 11) is 1.88. The van der Waals surface area contributed by atoms with Gasteiger partial charge in [-0.25, -0.2) is 4.79 Å². The zero-order chi connectivity index (χ0) is 15.2. The van der Waals surface area contributed by atoms with Crippen molar-refractivity contribution in [2.45, 2.75) is 38.8 Å². The summed E-state index contributed by atoms with van der Waals surface area (Å²) in [5.41, 5.74) is 1.13. The predicted octanol–water partition coefficient (Wildman–Crippen LogP) is 2.87. The Balaban J connectivity index is 1.83. The first-order valence-electron chi connectivity index (χ1n) is 7.88. The minimum absolute atomic E-state index is 0.00181. The summed E-state index contributed by atoms with van der Waals surface area (Å²) < 4.78 is 0. The molecule has 1 aliphatic heterocycles. The number of likely N-dealkylation sites (N-methyl/N-ethyl adjacent to an activating group) is 1. The van der Waals surface area contributed by atoms with Crippen LogP contribution in [0.4, 0.5) is 4.79 Å². The summed E-state index contributed by atoms with van der Waals surface area (Å²) in [6.45, 7) is 7.43. The molecule has 1 aromatic rings. The van der Waals surface area contributed by atoms with E-state index in [9.17, 15) is 4.79 Å². The molecule has 1 N–H and O–H groups in total. The third-order valence-corrected chi connectivity index (χ3v) is 4.34. The first-order chi connectivity index (χ1) is 10.1. The van der Waals surface area contributed by atoms with E-state index in [1.807, 2.05) is 49.2 Å². The topological polar surface area (TPSA) is 35.6 Å². The highest BCUT2D eigenvalue weighted by Crippen LogP contribution is 2.13. The van der Waals surface area contributed by atoms with Crippen molar-refractivity contribution in [1.82, 2.24) is 15.1 Å². The molecule has 4 heteroatoms. The van der Waals surface area contributed by atoms with Gasteiger partial charge in [0.25, 0.3) is 0 Å². The number of rotatable bonds is 5. The standard InChI is InChI=1S/C17H27N3O/c1-14(13-20-11-7-8-12-20)19(3)17(21)18-15(2)16-9-5-4-6-10-16/h4-6,9-10,14-15H,7-8,11-13H2,1-3H3,(H,18,21)/t14-,15+/m1/s1. The monoisotopic (exact) mass is 289 g/mol. The van der Waals surface area contributed by atoms with Crippen LogP contribution in [-0.2, 0) is 0 Å². The van der Waals surface area contributed by atoms with Crippen molar-refractivity contribution in [3.63, 3.8) is 0 Å². The van der Waals surface area contributed by atoms with Crippen molar-refractivity contribution < 1.29 is 4.79 Å². The molecule has 0 saturated carbocycles. The molecule has 1 heterocycles. The molecule has 2 atom stereocenters. The van der Waals surface area contributed by atoms with Crippen LogP contribution in [0.5, 0.6) is 0 Å². The number of hydrogen-bond donors (Lipinski definition) is 1. The summed E-state index contributed by atoms with van der Waals surface area (Å²) in [6.07, 6.45) is 2.57. The van der Waals surface area contributed by atoms with Gasteiger partial charge in [-0.2, -0.15) is 0 Å². The maximum atomic E-state index is 12.3. The lowest BCUT2D eigenvalue weighted by Gasteiger charge is -2.30. The van der Waals surface area contributed by atoms with Crippen LogP contribution in [0, 0.1) is 0 Å². The van der Waals surface area contributed by atoms with Gasteiger partial charge < -0.3 is 15.1 Å². The summed E-state index contributed by atoms with van der Waals surface area (Å²) in [5, 5.41) is 3.07. The molecular weight excluding hydrogens is 262 g/mol. The molecule has 1 fully saturated rings. The predicted molar refractivity (Wildman–Crippen MR) is 86.3 cm³/mol. The zero-order valence-corrected chi connectivity index (χ0v) is 13.4. The quantitative estimate of drug-likeness (QED) is 0.904. The first-order valence-corrected chi connectivity index (χ1v) is 7.88. The lowest BCUT2D eigenvalue weighted by atomic mass is 10.1. The Bertz CT molecular complexity index is 443. The molecule has 0 aliphatic carbocycles. The van der Waals surface area contributed by atoms with Crippen molar-refractivity contribution in [2.24, 2.45) is 0 Å². The average molecular weight is 289 g/mol. The van der Waals surface area contributed by atoms with Gasteiger partial charge >= 0.3 is 6.03 Å². The van der Waals surface area contributed by atoms with E-state index < -0.39 is 0 Å². The van der Waals surface area contributed by atoms with Crippen LogP contribution in [-0.4, -0.2) is 48.6 Å². The molecule has 1 aromatic carbocycles. The zero-order valence-electron chi connectivity index (χ0n) is 13.4. The maximum absolute atomic E-state index is 12.3. The largest absolute Gasteiger partial charge is 0.331 e. The molecule has 2 rings (SSSR count). The summed E-state index contributed by atoms with van der Waals surface area (Å²) in [4.78, 5) is 16.6. The highest BCUT2D eigenvalue weighted by Gasteiger charge is 2.21. The highest BCUT2D eigenvalue weighted by atomic mass is 16.2. The molecule has 0 aromatic heterocycles. The molecule has 1 saturated heterocycles. The first kappa shape index (κ1) is 15.8. The van der Waals surface area contributed by atoms with E-state index in [2.05, 4.69) is 17.1 Å². The van der Waals surface area contributed by atoms with Gasteiger partial charge in [0.2, 0.25) is 0 Å². The Morgan fingerprint density at radius 2 is 1.86 bits per heavy atom. The van der Waals surface area contributed by atoms with Crippen LogP contribution >= 0.6 is 0 Å². The molecule has 2 amide bonds. The Hall–Kier alpha value is -1.55. The third kappa shape index (κ3) is 4.46. The molecule has 0 unspecified atom stereocenters. The maximum Gasteiger partial charge on any atom is 0.317 e. The van der Waals surface area contributed by atoms with E-state index in [1.165, 1.54) is 25.9 Å². The highest BCUT2D eigenvalue weighted by molar-refractivity contribution is 5.74. The Morgan fingerprint density at radius 1 is 1.24 bits per heavy atom. The summed E-state index contributed by atoms with van der Waals surface area (Å²) in [6, 6.07) is 10.3. The van der Waals surface area contributed by atoms with Crippen molar-refractivity contribution in [3.8, 4) is 0 Å². The van der Waals surface area contributed by atoms with Crippen LogP contribution in [0.25, 0.3) is 0 Å². The Labute approximate surface area is 128 Å². The normalized spacial score (nSPS) is 18.2. The summed E-state index contributed by atoms with van der Waals surface area (Å²) >= 11 is 0. The second-order valence-corrected chi connectivity index (χ2v) is 6.05. The fourth-order valence-electron chi connectivity index (χ4n) is 2.77. The minimum atomic E-state index is -0.00181. The van der Waals surface area contributed by atoms with Crippen LogP contribution in [0.2, 0.25) is 0 Å². The van der Waals surface area contributed by atoms with Crippen molar-refractivity contribution in [2.75, 3.05) is 26.7 Å². The Kier molecular flexibility index (Phi) is 5.62. The molecule has 4 nitrogen and oxygen atoms in total. The number of amides is 2. The Morgan fingerprint density at radius 3 is 2.48 bits per heavy atom. The number of carbonyl (C=O) groups is 1. The van der Waals surface area contributed by atoms with Crippen molar-refractivity contribution in [3.05, 3.63) is 35.9 Å². The lowest BCUT2D eigenvalue weighted by molar-refractivity contribution is 0.173. The van der Waals surface area contributed by atoms with Gasteiger partial charge in [0, 0.05) is 19.6 Å². The van der Waals surface area contributed by atoms with Crippen molar-refractivity contribution >= 4 is 6.03 Å². The number of carbonyl (C=O) groups excluding carboxylic acids is 1. The minimum Gasteiger partial charge on any atom is -0.331 e. The van der Waals surface area contributed by atoms with Gasteiger partial charge in [-0.05, 0) is 45.3 Å². The van der Waals surface area contributed by atoms with Gasteiger partial charge in [0.05, 0.1) is 6.04 Å². The van der Waals surface area contributed by atoms with E-state index in [0.29, 0.717) is 0 Å². The summed E-state index contributed by atoms with van der Waals surface area (Å²) in [5.74, 6) is 0. The van der Waals surface area contributed by atoms with Crippen LogP contribution < -0.4 is 5.32 Å². The number of benzene rings is 1. The number of likely N-dealkylation sites (tertiary alicyclic amines) is 1. The van der Waals surface area contributed by atoms with Gasteiger partial charge in [-0.15, -0.1) is 0 Å². The molecule has 0 bridgehead atoms. The van der Waals surface area contributed by atoms with Gasteiger partial charge in [-0.1, -0.05) is 30.3 Å². The van der Waals surface area contributed by atoms with Gasteiger partial charge in [-0.3, -0.25) is 0 Å². The smallest absolute Gasteiger partial charge is 0.317 e. The van der Waals surface area contributed by atoms with E-state index in [1.54, 1.807) is 0 Å². The van der Waals surface area contributed by atoms with E-state index in [0.717, 1.165) is 12.1 Å².